The number of hydrogen-bond acceptors (Lipinski definition) is 8. The normalized spacial score (nSPS) is 12.5. The van der Waals surface area contributed by atoms with Gasteiger partial charge in [-0.2, -0.15) is 0 Å². The van der Waals surface area contributed by atoms with Crippen LogP contribution in [-0.2, 0) is 27.9 Å². The highest BCUT2D eigenvalue weighted by atomic mass is 31.2. The Morgan fingerprint density at radius 3 is 2.00 bits per heavy atom. The monoisotopic (exact) mass is 516 g/mol. The number of hydrogen-bond donors (Lipinski definition) is 1. The zero-order valence-electron chi connectivity index (χ0n) is 21.2. The Kier molecular flexibility index (Phi) is 11.0. The van der Waals surface area contributed by atoms with Crippen LogP contribution in [0.2, 0.25) is 0 Å². The van der Waals surface area contributed by atoms with Gasteiger partial charge in [-0.15, -0.1) is 0 Å². The van der Waals surface area contributed by atoms with Crippen LogP contribution in [0.3, 0.4) is 0 Å². The predicted molar refractivity (Wildman–Crippen MR) is 139 cm³/mol. The van der Waals surface area contributed by atoms with E-state index in [0.717, 1.165) is 5.69 Å². The van der Waals surface area contributed by atoms with Gasteiger partial charge in [0, 0.05) is 25.3 Å². The van der Waals surface area contributed by atoms with Crippen LogP contribution >= 0.6 is 7.60 Å². The summed E-state index contributed by atoms with van der Waals surface area (Å²) in [4.78, 5) is 41.5. The zero-order chi connectivity index (χ0) is 26.7. The van der Waals surface area contributed by atoms with Crippen LogP contribution in [0.1, 0.15) is 36.7 Å². The first-order chi connectivity index (χ1) is 17.2. The molecule has 0 heterocycles. The molecule has 0 aromatic heterocycles. The Morgan fingerprint density at radius 1 is 0.917 bits per heavy atom. The van der Waals surface area contributed by atoms with E-state index in [2.05, 4.69) is 5.32 Å². The summed E-state index contributed by atoms with van der Waals surface area (Å²) in [7, 11) is -0.506. The molecule has 0 aliphatic carbocycles. The van der Waals surface area contributed by atoms with Crippen molar-refractivity contribution in [3.05, 3.63) is 71.4 Å². The minimum Gasteiger partial charge on any atom is -0.465 e. The average molecular weight is 517 g/mol. The number of allylic oxidation sites excluding steroid dienone is 1. The standard InChI is InChI=1S/C26H33N2O7P/c1-6-33-26(31)24(36(32,34-7-2)35-8-3)23(29)22(27-25(30)20-12-10-9-11-13-20)18-19-14-16-21(17-15-19)28(4)5/h9-18,24H,6-8H2,1-5H3,(H,27,30)/b22-18+. The van der Waals surface area contributed by atoms with Crippen molar-refractivity contribution < 1.29 is 32.7 Å². The van der Waals surface area contributed by atoms with E-state index < -0.39 is 30.9 Å². The Balaban J connectivity index is 2.60. The van der Waals surface area contributed by atoms with Crippen LogP contribution < -0.4 is 10.2 Å². The zero-order valence-corrected chi connectivity index (χ0v) is 22.1. The highest BCUT2D eigenvalue weighted by molar-refractivity contribution is 7.57. The summed E-state index contributed by atoms with van der Waals surface area (Å²) < 4.78 is 29.3. The van der Waals surface area contributed by atoms with Crippen molar-refractivity contribution in [2.24, 2.45) is 0 Å². The minimum atomic E-state index is -4.29. The van der Waals surface area contributed by atoms with E-state index in [1.807, 2.05) is 31.1 Å². The van der Waals surface area contributed by atoms with Crippen molar-refractivity contribution in [3.8, 4) is 0 Å². The molecular weight excluding hydrogens is 483 g/mol. The van der Waals surface area contributed by atoms with Gasteiger partial charge in [0.2, 0.25) is 11.4 Å². The number of benzene rings is 2. The van der Waals surface area contributed by atoms with E-state index in [4.69, 9.17) is 13.8 Å². The molecule has 0 aliphatic rings. The topological polar surface area (TPSA) is 111 Å². The molecule has 2 aromatic carbocycles. The largest absolute Gasteiger partial charge is 0.465 e. The molecule has 0 fully saturated rings. The number of carbonyl (C=O) groups excluding carboxylic acids is 3. The molecule has 1 atom stereocenters. The van der Waals surface area contributed by atoms with Crippen LogP contribution in [0.5, 0.6) is 0 Å². The molecule has 0 saturated heterocycles. The SMILES string of the molecule is CCOC(=O)C(C(=O)/C(=C\c1ccc(N(C)C)cc1)NC(=O)c1ccccc1)P(=O)(OCC)OCC. The number of carbonyl (C=O) groups is 3. The molecule has 10 heteroatoms. The first kappa shape index (κ1) is 29.0. The second-order valence-corrected chi connectivity index (χ2v) is 9.87. The van der Waals surface area contributed by atoms with Crippen molar-refractivity contribution >= 4 is 37.0 Å². The minimum absolute atomic E-state index is 0.0533. The van der Waals surface area contributed by atoms with Crippen molar-refractivity contribution in [3.63, 3.8) is 0 Å². The van der Waals surface area contributed by atoms with E-state index in [1.54, 1.807) is 63.2 Å². The summed E-state index contributed by atoms with van der Waals surface area (Å²) in [6, 6.07) is 15.4. The fourth-order valence-corrected chi connectivity index (χ4v) is 5.13. The first-order valence-corrected chi connectivity index (χ1v) is 13.2. The van der Waals surface area contributed by atoms with Gasteiger partial charge >= 0.3 is 13.6 Å². The summed E-state index contributed by atoms with van der Waals surface area (Å²) >= 11 is 0. The van der Waals surface area contributed by atoms with Crippen LogP contribution in [0.25, 0.3) is 6.08 Å². The molecule has 1 amide bonds. The molecule has 1 unspecified atom stereocenters. The fourth-order valence-electron chi connectivity index (χ4n) is 3.28. The Labute approximate surface area is 212 Å². The lowest BCUT2D eigenvalue weighted by Gasteiger charge is -2.25. The summed E-state index contributed by atoms with van der Waals surface area (Å²) in [5, 5.41) is 2.57. The lowest BCUT2D eigenvalue weighted by atomic mass is 10.1. The molecular formula is C26H33N2O7P. The average Bonchev–Trinajstić information content (AvgIpc) is 2.85. The quantitative estimate of drug-likeness (QED) is 0.182. The number of ether oxygens (including phenoxy) is 1. The van der Waals surface area contributed by atoms with Gasteiger partial charge in [-0.1, -0.05) is 30.3 Å². The van der Waals surface area contributed by atoms with Crippen LogP contribution in [0.4, 0.5) is 5.69 Å². The maximum absolute atomic E-state index is 13.8. The highest BCUT2D eigenvalue weighted by Crippen LogP contribution is 2.54. The van der Waals surface area contributed by atoms with Crippen molar-refractivity contribution in [2.75, 3.05) is 38.8 Å². The molecule has 1 N–H and O–H groups in total. The second-order valence-electron chi connectivity index (χ2n) is 7.76. The molecule has 2 aromatic rings. The Morgan fingerprint density at radius 2 is 1.50 bits per heavy atom. The first-order valence-electron chi connectivity index (χ1n) is 11.6. The van der Waals surface area contributed by atoms with Gasteiger partial charge in [0.1, 0.15) is 0 Å². The number of Topliss-reactive ketones (excluding diaryl/α,β-unsaturated/α-hetero) is 1. The van der Waals surface area contributed by atoms with Gasteiger partial charge in [0.05, 0.1) is 25.5 Å². The van der Waals surface area contributed by atoms with E-state index in [0.29, 0.717) is 11.1 Å². The summed E-state index contributed by atoms with van der Waals surface area (Å²) in [5.74, 6) is -2.58. The van der Waals surface area contributed by atoms with Crippen molar-refractivity contribution in [2.45, 2.75) is 26.4 Å². The Bertz CT molecular complexity index is 1100. The summed E-state index contributed by atoms with van der Waals surface area (Å²) in [6.07, 6.45) is 1.41. The van der Waals surface area contributed by atoms with Crippen molar-refractivity contribution in [1.29, 1.82) is 0 Å². The number of anilines is 1. The summed E-state index contributed by atoms with van der Waals surface area (Å²) in [6.45, 7) is 4.51. The van der Waals surface area contributed by atoms with E-state index in [9.17, 15) is 18.9 Å². The lowest BCUT2D eigenvalue weighted by molar-refractivity contribution is -0.145. The van der Waals surface area contributed by atoms with Gasteiger partial charge in [-0.3, -0.25) is 18.9 Å². The van der Waals surface area contributed by atoms with E-state index in [1.165, 1.54) is 6.08 Å². The Hall–Kier alpha value is -3.26. The van der Waals surface area contributed by atoms with Crippen LogP contribution in [-0.4, -0.2) is 57.2 Å². The third-order valence-electron chi connectivity index (χ3n) is 4.96. The van der Waals surface area contributed by atoms with Crippen LogP contribution in [0, 0.1) is 0 Å². The number of amides is 1. The van der Waals surface area contributed by atoms with E-state index in [-0.39, 0.29) is 25.5 Å². The molecule has 0 bridgehead atoms. The van der Waals surface area contributed by atoms with Gasteiger partial charge in [-0.25, -0.2) is 0 Å². The third kappa shape index (κ3) is 7.62. The number of nitrogens with one attached hydrogen (secondary N) is 1. The van der Waals surface area contributed by atoms with Gasteiger partial charge < -0.3 is 24.0 Å². The molecule has 2 rings (SSSR count). The number of nitrogens with zero attached hydrogens (tertiary/aromatic N) is 1. The predicted octanol–water partition coefficient (Wildman–Crippen LogP) is 4.29. The lowest BCUT2D eigenvalue weighted by Crippen LogP contribution is -2.39. The smallest absolute Gasteiger partial charge is 0.352 e. The van der Waals surface area contributed by atoms with Gasteiger partial charge in [0.15, 0.2) is 0 Å². The summed E-state index contributed by atoms with van der Waals surface area (Å²) in [5.41, 5.74) is -0.373. The molecule has 9 nitrogen and oxygen atoms in total. The maximum atomic E-state index is 13.8. The number of rotatable bonds is 13. The third-order valence-corrected chi connectivity index (χ3v) is 7.28. The van der Waals surface area contributed by atoms with Gasteiger partial charge in [0.25, 0.3) is 5.91 Å². The molecule has 0 radical (unpaired) electrons. The van der Waals surface area contributed by atoms with E-state index >= 15 is 0 Å². The van der Waals surface area contributed by atoms with Crippen LogP contribution in [0.15, 0.2) is 60.3 Å². The molecule has 194 valence electrons. The fraction of sp³-hybridized carbons (Fsp3) is 0.346. The molecule has 0 saturated carbocycles. The number of esters is 1. The second kappa shape index (κ2) is 13.7. The molecule has 0 aliphatic heterocycles. The molecule has 0 spiro atoms. The van der Waals surface area contributed by atoms with Gasteiger partial charge in [-0.05, 0) is 56.7 Å². The molecule has 36 heavy (non-hydrogen) atoms. The number of ketones is 1. The highest BCUT2D eigenvalue weighted by Gasteiger charge is 2.49. The maximum Gasteiger partial charge on any atom is 0.352 e. The van der Waals surface area contributed by atoms with Crippen molar-refractivity contribution in [1.82, 2.24) is 5.32 Å².